The number of pyridine rings is 1. The quantitative estimate of drug-likeness (QED) is 0.444. The number of hydrogen-bond acceptors (Lipinski definition) is 4. The Hall–Kier alpha value is -2.64. The summed E-state index contributed by atoms with van der Waals surface area (Å²) in [6, 6.07) is 15.5. The summed E-state index contributed by atoms with van der Waals surface area (Å²) in [4.78, 5) is 3.96. The van der Waals surface area contributed by atoms with E-state index >= 15 is 0 Å². The first-order valence-corrected chi connectivity index (χ1v) is 11.6. The van der Waals surface area contributed by atoms with Crippen LogP contribution in [0, 0.1) is 13.8 Å². The van der Waals surface area contributed by atoms with Crippen LogP contribution >= 0.6 is 11.6 Å². The Morgan fingerprint density at radius 1 is 1.13 bits per heavy atom. The van der Waals surface area contributed by atoms with Crippen molar-refractivity contribution >= 4 is 27.3 Å². The number of nitrogens with zero attached hydrogens (tertiary/aromatic N) is 2. The number of aryl methyl sites for hydroxylation is 2. The predicted molar refractivity (Wildman–Crippen MR) is 121 cm³/mol. The molecule has 5 nitrogen and oxygen atoms in total. The summed E-state index contributed by atoms with van der Waals surface area (Å²) in [7, 11) is -4.13. The number of aromatic nitrogens is 1. The van der Waals surface area contributed by atoms with E-state index in [9.17, 15) is 12.8 Å². The molecule has 0 aliphatic heterocycles. The highest BCUT2D eigenvalue weighted by molar-refractivity contribution is 7.92. The molecule has 0 aliphatic rings. The summed E-state index contributed by atoms with van der Waals surface area (Å²) in [6.45, 7) is 4.85. The minimum atomic E-state index is -4.13. The number of hydrogen-bond donors (Lipinski definition) is 0. The first kappa shape index (κ1) is 23.0. The third-order valence-corrected chi connectivity index (χ3v) is 6.74. The summed E-state index contributed by atoms with van der Waals surface area (Å²) in [5.41, 5.74) is 2.88. The van der Waals surface area contributed by atoms with Crippen LogP contribution < -0.4 is 9.04 Å². The Labute approximate surface area is 187 Å². The molecule has 0 bridgehead atoms. The fourth-order valence-corrected chi connectivity index (χ4v) is 4.60. The summed E-state index contributed by atoms with van der Waals surface area (Å²) in [5, 5.41) is 0.249. The predicted octanol–water partition coefficient (Wildman–Crippen LogP) is 5.48. The van der Waals surface area contributed by atoms with Crippen LogP contribution in [0.3, 0.4) is 0 Å². The molecule has 1 unspecified atom stereocenters. The number of halogens is 2. The topological polar surface area (TPSA) is 59.5 Å². The number of alkyl halides is 1. The van der Waals surface area contributed by atoms with Gasteiger partial charge in [-0.25, -0.2) is 9.37 Å². The first-order valence-electron chi connectivity index (χ1n) is 9.75. The van der Waals surface area contributed by atoms with Crippen LogP contribution in [0.25, 0.3) is 0 Å². The van der Waals surface area contributed by atoms with E-state index in [1.165, 1.54) is 19.2 Å². The zero-order chi connectivity index (χ0) is 22.6. The molecule has 3 aromatic rings. The fraction of sp³-hybridized carbons (Fsp3) is 0.261. The van der Waals surface area contributed by atoms with Crippen LogP contribution in [0.5, 0.6) is 5.75 Å². The average molecular weight is 463 g/mol. The van der Waals surface area contributed by atoms with Crippen molar-refractivity contribution in [3.05, 3.63) is 82.5 Å². The Morgan fingerprint density at radius 3 is 2.45 bits per heavy atom. The van der Waals surface area contributed by atoms with E-state index in [-0.39, 0.29) is 29.6 Å². The van der Waals surface area contributed by atoms with Crippen LogP contribution in [0.15, 0.2) is 65.8 Å². The van der Waals surface area contributed by atoms with Gasteiger partial charge in [0.05, 0.1) is 12.2 Å². The lowest BCUT2D eigenvalue weighted by molar-refractivity contribution is 0.306. The van der Waals surface area contributed by atoms with Crippen molar-refractivity contribution in [2.75, 3.05) is 10.8 Å². The third-order valence-electron chi connectivity index (χ3n) is 4.63. The van der Waals surface area contributed by atoms with Gasteiger partial charge in [-0.3, -0.25) is 4.31 Å². The van der Waals surface area contributed by atoms with Crippen LogP contribution in [0.2, 0.25) is 5.02 Å². The second-order valence-corrected chi connectivity index (χ2v) is 9.54. The molecule has 8 heteroatoms. The molecular weight excluding hydrogens is 439 g/mol. The van der Waals surface area contributed by atoms with Crippen molar-refractivity contribution < 1.29 is 17.5 Å². The molecule has 0 aliphatic carbocycles. The van der Waals surface area contributed by atoms with Crippen molar-refractivity contribution in [3.8, 4) is 5.75 Å². The Bertz CT molecular complexity index is 1140. The highest BCUT2D eigenvalue weighted by Crippen LogP contribution is 2.37. The Balaban J connectivity index is 2.05. The third kappa shape index (κ3) is 5.54. The van der Waals surface area contributed by atoms with Gasteiger partial charge in [0.1, 0.15) is 18.5 Å². The van der Waals surface area contributed by atoms with Gasteiger partial charge in [0.15, 0.2) is 5.03 Å². The van der Waals surface area contributed by atoms with E-state index in [1.807, 2.05) is 31.2 Å². The minimum absolute atomic E-state index is 0.173. The lowest BCUT2D eigenvalue weighted by Crippen LogP contribution is -2.36. The second-order valence-electron chi connectivity index (χ2n) is 7.33. The largest absolute Gasteiger partial charge is 0.487 e. The second kappa shape index (κ2) is 9.66. The number of rotatable bonds is 8. The van der Waals surface area contributed by atoms with Crippen molar-refractivity contribution in [3.63, 3.8) is 0 Å². The molecule has 0 fully saturated rings. The molecule has 3 rings (SSSR count). The molecule has 0 N–H and O–H groups in total. The van der Waals surface area contributed by atoms with Gasteiger partial charge in [0, 0.05) is 17.3 Å². The lowest BCUT2D eigenvalue weighted by atomic mass is 10.1. The number of anilines is 1. The summed E-state index contributed by atoms with van der Waals surface area (Å²) in [6.07, 6.45) is -0.0364. The van der Waals surface area contributed by atoms with Gasteiger partial charge in [-0.1, -0.05) is 47.5 Å². The molecule has 1 heterocycles. The van der Waals surface area contributed by atoms with Gasteiger partial charge < -0.3 is 4.74 Å². The highest BCUT2D eigenvalue weighted by Gasteiger charge is 2.30. The smallest absolute Gasteiger partial charge is 0.282 e. The molecule has 0 spiro atoms. The minimum Gasteiger partial charge on any atom is -0.487 e. The molecule has 0 saturated heterocycles. The molecule has 1 atom stereocenters. The highest BCUT2D eigenvalue weighted by atomic mass is 35.5. The van der Waals surface area contributed by atoms with Crippen molar-refractivity contribution in [2.45, 2.75) is 38.6 Å². The summed E-state index contributed by atoms with van der Waals surface area (Å²) in [5.74, 6) is 0.247. The number of sulfonamides is 1. The maximum absolute atomic E-state index is 14.1. The maximum atomic E-state index is 14.1. The van der Waals surface area contributed by atoms with E-state index < -0.39 is 16.2 Å². The van der Waals surface area contributed by atoms with E-state index in [2.05, 4.69) is 4.98 Å². The van der Waals surface area contributed by atoms with Crippen LogP contribution in [0.4, 0.5) is 10.1 Å². The Kier molecular flexibility index (Phi) is 7.18. The number of benzene rings is 2. The van der Waals surface area contributed by atoms with Gasteiger partial charge >= 0.3 is 0 Å². The van der Waals surface area contributed by atoms with Crippen LogP contribution in [-0.4, -0.2) is 26.1 Å². The van der Waals surface area contributed by atoms with Gasteiger partial charge in [-0.05, 0) is 50.1 Å². The SMILES string of the molecule is Cc1ccc(COc2cc(Cl)c(C)cc2N(CC(C)F)S(=O)(=O)c2ccccn2)cc1. The fourth-order valence-electron chi connectivity index (χ4n) is 2.97. The van der Waals surface area contributed by atoms with Crippen molar-refractivity contribution in [2.24, 2.45) is 0 Å². The normalized spacial score (nSPS) is 12.4. The zero-order valence-electron chi connectivity index (χ0n) is 17.5. The van der Waals surface area contributed by atoms with Crippen molar-refractivity contribution in [1.29, 1.82) is 0 Å². The first-order chi connectivity index (χ1) is 14.7. The van der Waals surface area contributed by atoms with Crippen molar-refractivity contribution in [1.82, 2.24) is 4.98 Å². The van der Waals surface area contributed by atoms with Crippen LogP contribution in [0.1, 0.15) is 23.6 Å². The number of ether oxygens (including phenoxy) is 1. The van der Waals surface area contributed by atoms with Gasteiger partial charge in [0.2, 0.25) is 0 Å². The van der Waals surface area contributed by atoms with Gasteiger partial charge in [0.25, 0.3) is 10.0 Å². The molecule has 0 amide bonds. The van der Waals surface area contributed by atoms with Gasteiger partial charge in [-0.15, -0.1) is 0 Å². The van der Waals surface area contributed by atoms with E-state index in [0.717, 1.165) is 15.4 Å². The molecule has 164 valence electrons. The standard InChI is InChI=1S/C23H24ClFN2O3S/c1-16-7-9-19(10-8-16)15-30-22-13-20(24)17(2)12-21(22)27(14-18(3)25)31(28,29)23-6-4-5-11-26-23/h4-13,18H,14-15H2,1-3H3. The van der Waals surface area contributed by atoms with E-state index in [1.54, 1.807) is 31.2 Å². The zero-order valence-corrected chi connectivity index (χ0v) is 19.1. The monoisotopic (exact) mass is 462 g/mol. The molecule has 1 aromatic heterocycles. The molecule has 0 saturated carbocycles. The van der Waals surface area contributed by atoms with E-state index in [4.69, 9.17) is 16.3 Å². The van der Waals surface area contributed by atoms with Gasteiger partial charge in [-0.2, -0.15) is 8.42 Å². The molecule has 2 aromatic carbocycles. The van der Waals surface area contributed by atoms with E-state index in [0.29, 0.717) is 10.6 Å². The van der Waals surface area contributed by atoms with Crippen LogP contribution in [-0.2, 0) is 16.6 Å². The maximum Gasteiger partial charge on any atom is 0.282 e. The summed E-state index contributed by atoms with van der Waals surface area (Å²) >= 11 is 6.30. The molecular formula is C23H24ClFN2O3S. The average Bonchev–Trinajstić information content (AvgIpc) is 2.74. The molecule has 0 radical (unpaired) electrons. The Morgan fingerprint density at radius 2 is 1.84 bits per heavy atom. The summed E-state index contributed by atoms with van der Waals surface area (Å²) < 4.78 is 47.7. The lowest BCUT2D eigenvalue weighted by Gasteiger charge is -2.27. The molecule has 31 heavy (non-hydrogen) atoms.